The first-order valence-electron chi connectivity index (χ1n) is 6.61. The molecule has 0 amide bonds. The standard InChI is InChI=1S/C14H22O7/c15-6-9(8-4-2-1-3-5-8)11(18)13(20)14(21)12(19)10(17)7-16/h1-5,9-21H,6-7H2/t9?,10-,11?,12-,13+,14+/m1/s1. The number of benzene rings is 1. The van der Waals surface area contributed by atoms with E-state index in [1.807, 2.05) is 0 Å². The second-order valence-electron chi connectivity index (χ2n) is 4.91. The van der Waals surface area contributed by atoms with Gasteiger partial charge in [-0.25, -0.2) is 0 Å². The maximum atomic E-state index is 10.1. The molecule has 0 saturated heterocycles. The number of rotatable bonds is 8. The third-order valence-electron chi connectivity index (χ3n) is 3.47. The molecule has 0 aliphatic heterocycles. The minimum atomic E-state index is -1.88. The molecule has 0 heterocycles. The zero-order valence-corrected chi connectivity index (χ0v) is 11.4. The molecule has 1 aromatic carbocycles. The number of hydrogen-bond donors (Lipinski definition) is 7. The summed E-state index contributed by atoms with van der Waals surface area (Å²) in [6.07, 6.45) is -8.72. The van der Waals surface area contributed by atoms with Gasteiger partial charge in [0.1, 0.15) is 24.4 Å². The SMILES string of the molecule is OCC(c1ccccc1)C(O)[C@H](O)[C@@H](O)[C@H](O)[C@H](O)CO. The average molecular weight is 302 g/mol. The van der Waals surface area contributed by atoms with Crippen molar-refractivity contribution >= 4 is 0 Å². The zero-order valence-electron chi connectivity index (χ0n) is 11.4. The predicted octanol–water partition coefficient (Wildman–Crippen LogP) is -2.44. The number of aliphatic hydroxyl groups is 7. The van der Waals surface area contributed by atoms with E-state index in [4.69, 9.17) is 5.11 Å². The smallest absolute Gasteiger partial charge is 0.111 e. The van der Waals surface area contributed by atoms with E-state index in [2.05, 4.69) is 0 Å². The highest BCUT2D eigenvalue weighted by atomic mass is 16.4. The van der Waals surface area contributed by atoms with E-state index in [0.29, 0.717) is 5.56 Å². The van der Waals surface area contributed by atoms with Gasteiger partial charge in [0, 0.05) is 5.92 Å². The molecule has 21 heavy (non-hydrogen) atoms. The number of hydrogen-bond acceptors (Lipinski definition) is 7. The molecule has 0 bridgehead atoms. The van der Waals surface area contributed by atoms with Crippen LogP contribution in [0.5, 0.6) is 0 Å². The monoisotopic (exact) mass is 302 g/mol. The fourth-order valence-corrected chi connectivity index (χ4v) is 2.09. The summed E-state index contributed by atoms with van der Waals surface area (Å²) >= 11 is 0. The van der Waals surface area contributed by atoms with E-state index in [-0.39, 0.29) is 0 Å². The lowest BCUT2D eigenvalue weighted by molar-refractivity contribution is -0.145. The molecular weight excluding hydrogens is 280 g/mol. The summed E-state index contributed by atoms with van der Waals surface area (Å²) in [6.45, 7) is -1.28. The second kappa shape index (κ2) is 8.40. The van der Waals surface area contributed by atoms with Crippen LogP contribution in [0, 0.1) is 0 Å². The van der Waals surface area contributed by atoms with Gasteiger partial charge in [-0.05, 0) is 5.56 Å². The highest BCUT2D eigenvalue weighted by Crippen LogP contribution is 2.23. The van der Waals surface area contributed by atoms with E-state index in [1.165, 1.54) is 0 Å². The quantitative estimate of drug-likeness (QED) is 0.283. The van der Waals surface area contributed by atoms with Crippen LogP contribution in [-0.4, -0.2) is 79.5 Å². The Morgan fingerprint density at radius 2 is 1.19 bits per heavy atom. The number of aliphatic hydroxyl groups excluding tert-OH is 7. The van der Waals surface area contributed by atoms with Crippen molar-refractivity contribution in [2.24, 2.45) is 0 Å². The van der Waals surface area contributed by atoms with Gasteiger partial charge >= 0.3 is 0 Å². The van der Waals surface area contributed by atoms with Crippen molar-refractivity contribution in [1.29, 1.82) is 0 Å². The van der Waals surface area contributed by atoms with Gasteiger partial charge in [0.05, 0.1) is 19.3 Å². The Morgan fingerprint density at radius 3 is 1.67 bits per heavy atom. The first-order chi connectivity index (χ1) is 9.93. The van der Waals surface area contributed by atoms with Crippen molar-refractivity contribution in [2.75, 3.05) is 13.2 Å². The first kappa shape index (κ1) is 18.0. The molecule has 0 aliphatic rings. The summed E-state index contributed by atoms with van der Waals surface area (Å²) in [5.41, 5.74) is 0.552. The van der Waals surface area contributed by atoms with Crippen molar-refractivity contribution < 1.29 is 35.7 Å². The van der Waals surface area contributed by atoms with Gasteiger partial charge in [0.2, 0.25) is 0 Å². The fourth-order valence-electron chi connectivity index (χ4n) is 2.09. The van der Waals surface area contributed by atoms with Gasteiger partial charge in [0.25, 0.3) is 0 Å². The molecular formula is C14H22O7. The highest BCUT2D eigenvalue weighted by molar-refractivity contribution is 5.21. The summed E-state index contributed by atoms with van der Waals surface area (Å²) in [5, 5.41) is 66.6. The lowest BCUT2D eigenvalue weighted by Crippen LogP contribution is -2.51. The van der Waals surface area contributed by atoms with Crippen LogP contribution in [0.25, 0.3) is 0 Å². The Morgan fingerprint density at radius 1 is 0.667 bits per heavy atom. The van der Waals surface area contributed by atoms with Gasteiger partial charge in [0.15, 0.2) is 0 Å². The zero-order chi connectivity index (χ0) is 16.0. The van der Waals surface area contributed by atoms with E-state index in [1.54, 1.807) is 30.3 Å². The maximum absolute atomic E-state index is 10.1. The molecule has 0 radical (unpaired) electrons. The summed E-state index contributed by atoms with van der Waals surface area (Å²) in [6, 6.07) is 8.41. The second-order valence-corrected chi connectivity index (χ2v) is 4.91. The van der Waals surface area contributed by atoms with E-state index in [0.717, 1.165) is 0 Å². The third-order valence-corrected chi connectivity index (χ3v) is 3.47. The molecule has 0 saturated carbocycles. The normalized spacial score (nSPS) is 20.3. The minimum Gasteiger partial charge on any atom is -0.396 e. The largest absolute Gasteiger partial charge is 0.396 e. The average Bonchev–Trinajstić information content (AvgIpc) is 2.53. The fraction of sp³-hybridized carbons (Fsp3) is 0.571. The van der Waals surface area contributed by atoms with Gasteiger partial charge in [-0.15, -0.1) is 0 Å². The lowest BCUT2D eigenvalue weighted by Gasteiger charge is -2.32. The van der Waals surface area contributed by atoms with Gasteiger partial charge < -0.3 is 35.7 Å². The van der Waals surface area contributed by atoms with Crippen LogP contribution in [0.15, 0.2) is 30.3 Å². The van der Waals surface area contributed by atoms with Crippen LogP contribution in [0.2, 0.25) is 0 Å². The Balaban J connectivity index is 2.82. The molecule has 0 spiro atoms. The molecule has 6 atom stereocenters. The van der Waals surface area contributed by atoms with E-state index < -0.39 is 49.7 Å². The predicted molar refractivity (Wildman–Crippen MR) is 73.4 cm³/mol. The van der Waals surface area contributed by atoms with Crippen molar-refractivity contribution in [2.45, 2.75) is 36.4 Å². The van der Waals surface area contributed by atoms with Gasteiger partial charge in [-0.3, -0.25) is 0 Å². The minimum absolute atomic E-state index is 0.479. The molecule has 0 fully saturated rings. The molecule has 1 rings (SSSR count). The molecule has 7 heteroatoms. The Hall–Kier alpha value is -1.06. The van der Waals surface area contributed by atoms with Gasteiger partial charge in [-0.2, -0.15) is 0 Å². The van der Waals surface area contributed by atoms with Crippen LogP contribution in [0.3, 0.4) is 0 Å². The first-order valence-corrected chi connectivity index (χ1v) is 6.61. The maximum Gasteiger partial charge on any atom is 0.111 e. The summed E-state index contributed by atoms with van der Waals surface area (Å²) < 4.78 is 0. The van der Waals surface area contributed by atoms with Crippen molar-refractivity contribution in [1.82, 2.24) is 0 Å². The summed E-state index contributed by atoms with van der Waals surface area (Å²) in [7, 11) is 0. The summed E-state index contributed by atoms with van der Waals surface area (Å²) in [5.74, 6) is -0.866. The van der Waals surface area contributed by atoms with Crippen LogP contribution in [0.1, 0.15) is 11.5 Å². The van der Waals surface area contributed by atoms with Crippen molar-refractivity contribution in [3.8, 4) is 0 Å². The van der Waals surface area contributed by atoms with Crippen LogP contribution in [0.4, 0.5) is 0 Å². The molecule has 0 aliphatic carbocycles. The summed E-state index contributed by atoms with van der Waals surface area (Å²) in [4.78, 5) is 0. The lowest BCUT2D eigenvalue weighted by atomic mass is 9.87. The third kappa shape index (κ3) is 4.45. The molecule has 120 valence electrons. The Bertz CT molecular complexity index is 400. The molecule has 1 aromatic rings. The van der Waals surface area contributed by atoms with Crippen LogP contribution < -0.4 is 0 Å². The Kier molecular flexibility index (Phi) is 7.20. The molecule has 0 aromatic heterocycles. The molecule has 2 unspecified atom stereocenters. The van der Waals surface area contributed by atoms with Crippen LogP contribution >= 0.6 is 0 Å². The Labute approximate surface area is 122 Å². The van der Waals surface area contributed by atoms with Gasteiger partial charge in [-0.1, -0.05) is 30.3 Å². The van der Waals surface area contributed by atoms with E-state index in [9.17, 15) is 30.6 Å². The van der Waals surface area contributed by atoms with Crippen LogP contribution in [-0.2, 0) is 0 Å². The molecule has 7 nitrogen and oxygen atoms in total. The van der Waals surface area contributed by atoms with E-state index >= 15 is 0 Å². The topological polar surface area (TPSA) is 142 Å². The van der Waals surface area contributed by atoms with Crippen molar-refractivity contribution in [3.63, 3.8) is 0 Å². The van der Waals surface area contributed by atoms with Crippen molar-refractivity contribution in [3.05, 3.63) is 35.9 Å². The highest BCUT2D eigenvalue weighted by Gasteiger charge is 2.37. The molecule has 7 N–H and O–H groups in total.